The van der Waals surface area contributed by atoms with Gasteiger partial charge in [0.05, 0.1) is 0 Å². The summed E-state index contributed by atoms with van der Waals surface area (Å²) in [6.07, 6.45) is 1.25. The Hall–Kier alpha value is -3.31. The zero-order chi connectivity index (χ0) is 30.0. The number of ether oxygens (including phenoxy) is 1. The van der Waals surface area contributed by atoms with Gasteiger partial charge in [0, 0.05) is 88.6 Å². The summed E-state index contributed by atoms with van der Waals surface area (Å²) in [5.74, 6) is -2.91. The van der Waals surface area contributed by atoms with Gasteiger partial charge in [-0.25, -0.2) is 13.2 Å². The Bertz CT molecular complexity index is 1310. The molecule has 0 bridgehead atoms. The van der Waals surface area contributed by atoms with Crippen LogP contribution in [0.2, 0.25) is 0 Å². The lowest BCUT2D eigenvalue weighted by Crippen LogP contribution is -2.50. The van der Waals surface area contributed by atoms with Crippen molar-refractivity contribution in [1.29, 1.82) is 0 Å². The van der Waals surface area contributed by atoms with E-state index >= 15 is 0 Å². The Kier molecular flexibility index (Phi) is 8.81. The van der Waals surface area contributed by atoms with Crippen LogP contribution in [0.15, 0.2) is 36.4 Å². The highest BCUT2D eigenvalue weighted by atomic mass is 19.3. The van der Waals surface area contributed by atoms with Crippen LogP contribution in [0.1, 0.15) is 64.3 Å². The van der Waals surface area contributed by atoms with E-state index in [9.17, 15) is 22.8 Å². The Morgan fingerprint density at radius 1 is 0.791 bits per heavy atom. The van der Waals surface area contributed by atoms with Crippen LogP contribution in [0.5, 0.6) is 5.75 Å². The normalized spacial score (nSPS) is 23.0. The van der Waals surface area contributed by atoms with Crippen LogP contribution < -0.4 is 20.3 Å². The summed E-state index contributed by atoms with van der Waals surface area (Å²) in [5, 5.41) is 6.56. The average molecular weight is 600 g/mol. The lowest BCUT2D eigenvalue weighted by atomic mass is 9.81. The molecule has 2 aromatic carbocycles. The number of piperazine rings is 2. The Balaban J connectivity index is 1.13. The Morgan fingerprint density at radius 2 is 1.47 bits per heavy atom. The molecule has 0 radical (unpaired) electrons. The first-order valence-corrected chi connectivity index (χ1v) is 15.5. The van der Waals surface area contributed by atoms with Crippen LogP contribution in [-0.4, -0.2) is 99.1 Å². The number of hydrogen-bond acceptors (Lipinski definition) is 6. The summed E-state index contributed by atoms with van der Waals surface area (Å²) in [7, 11) is 0. The number of hydrogen-bond donors (Lipinski definition) is 2. The van der Waals surface area contributed by atoms with Crippen molar-refractivity contribution in [3.63, 3.8) is 0 Å². The van der Waals surface area contributed by atoms with Gasteiger partial charge in [-0.3, -0.25) is 9.59 Å². The molecule has 4 aliphatic rings. The predicted octanol–water partition coefficient (Wildman–Crippen LogP) is 3.87. The number of nitrogens with zero attached hydrogens (tertiary/aromatic N) is 3. The molecule has 2 aromatic rings. The van der Waals surface area contributed by atoms with Gasteiger partial charge in [0.25, 0.3) is 11.8 Å². The summed E-state index contributed by atoms with van der Waals surface area (Å²) in [6.45, 7) is 6.09. The first-order valence-electron chi connectivity index (χ1n) is 15.5. The minimum absolute atomic E-state index is 0.0157. The minimum Gasteiger partial charge on any atom is -0.489 e. The van der Waals surface area contributed by atoms with Gasteiger partial charge in [0.1, 0.15) is 17.7 Å². The second-order valence-corrected chi connectivity index (χ2v) is 12.1. The molecule has 3 saturated heterocycles. The van der Waals surface area contributed by atoms with Crippen molar-refractivity contribution in [2.75, 3.05) is 70.3 Å². The third-order valence-electron chi connectivity index (χ3n) is 9.19. The first-order chi connectivity index (χ1) is 20.8. The summed E-state index contributed by atoms with van der Waals surface area (Å²) in [5.41, 5.74) is 2.33. The molecular weight excluding hydrogens is 559 g/mol. The van der Waals surface area contributed by atoms with Gasteiger partial charge in [-0.15, -0.1) is 0 Å². The van der Waals surface area contributed by atoms with E-state index in [1.807, 2.05) is 12.1 Å². The van der Waals surface area contributed by atoms with Gasteiger partial charge in [-0.1, -0.05) is 0 Å². The number of carbonyl (C=O) groups is 2. The first kappa shape index (κ1) is 29.7. The number of amides is 2. The molecule has 3 heterocycles. The molecule has 0 aromatic heterocycles. The fourth-order valence-corrected chi connectivity index (χ4v) is 6.65. The maximum atomic E-state index is 14.5. The molecule has 4 fully saturated rings. The lowest BCUT2D eigenvalue weighted by molar-refractivity contribution is -0.0384. The van der Waals surface area contributed by atoms with Gasteiger partial charge in [-0.05, 0) is 73.7 Å². The number of carbonyl (C=O) groups excluding carboxylic acids is 2. The van der Waals surface area contributed by atoms with Gasteiger partial charge in [0.15, 0.2) is 0 Å². The standard InChI is InChI=1S/C32H40F3N5O3/c33-25-17-24(18-26(20-25)38-11-9-36-10-12-38)31(42)40-15-13-39(14-16-40)30(41)23-1-2-29(43-27-5-8-37-21-27)28(19-23)22-3-6-32(34,35)7-4-22/h1-2,17-20,22,27,36-37H,3-16,21H2/t27-/m0/s1. The average Bonchev–Trinajstić information content (AvgIpc) is 3.54. The van der Waals surface area contributed by atoms with Crippen molar-refractivity contribution < 1.29 is 27.5 Å². The second-order valence-electron chi connectivity index (χ2n) is 12.1. The molecule has 0 unspecified atom stereocenters. The van der Waals surface area contributed by atoms with Crippen LogP contribution >= 0.6 is 0 Å². The van der Waals surface area contributed by atoms with E-state index in [0.717, 1.165) is 51.3 Å². The highest BCUT2D eigenvalue weighted by molar-refractivity contribution is 5.96. The summed E-state index contributed by atoms with van der Waals surface area (Å²) < 4.78 is 48.7. The fraction of sp³-hybridized carbons (Fsp3) is 0.562. The van der Waals surface area contributed by atoms with Crippen LogP contribution in [0.4, 0.5) is 18.9 Å². The van der Waals surface area contributed by atoms with E-state index < -0.39 is 11.7 Å². The number of halogens is 3. The van der Waals surface area contributed by atoms with Crippen molar-refractivity contribution in [1.82, 2.24) is 20.4 Å². The third-order valence-corrected chi connectivity index (χ3v) is 9.19. The number of anilines is 1. The van der Waals surface area contributed by atoms with Gasteiger partial charge in [0.2, 0.25) is 5.92 Å². The van der Waals surface area contributed by atoms with Gasteiger partial charge in [-0.2, -0.15) is 0 Å². The Labute approximate surface area is 250 Å². The van der Waals surface area contributed by atoms with Gasteiger partial charge < -0.3 is 30.1 Å². The van der Waals surface area contributed by atoms with E-state index in [1.165, 1.54) is 12.1 Å². The molecule has 1 aliphatic carbocycles. The van der Waals surface area contributed by atoms with Crippen molar-refractivity contribution in [3.8, 4) is 5.75 Å². The maximum Gasteiger partial charge on any atom is 0.254 e. The van der Waals surface area contributed by atoms with Crippen LogP contribution in [-0.2, 0) is 0 Å². The summed E-state index contributed by atoms with van der Waals surface area (Å²) in [4.78, 5) is 32.4. The number of nitrogens with one attached hydrogen (secondary N) is 2. The summed E-state index contributed by atoms with van der Waals surface area (Å²) >= 11 is 0. The predicted molar refractivity (Wildman–Crippen MR) is 158 cm³/mol. The topological polar surface area (TPSA) is 77.2 Å². The van der Waals surface area contributed by atoms with Crippen LogP contribution in [0, 0.1) is 5.82 Å². The maximum absolute atomic E-state index is 14.5. The lowest BCUT2D eigenvalue weighted by Gasteiger charge is -2.35. The molecule has 6 rings (SSSR count). The Morgan fingerprint density at radius 3 is 2.12 bits per heavy atom. The van der Waals surface area contributed by atoms with E-state index in [1.54, 1.807) is 21.9 Å². The second kappa shape index (κ2) is 12.7. The zero-order valence-corrected chi connectivity index (χ0v) is 24.4. The number of alkyl halides is 2. The van der Waals surface area contributed by atoms with Crippen LogP contribution in [0.3, 0.4) is 0 Å². The molecule has 11 heteroatoms. The zero-order valence-electron chi connectivity index (χ0n) is 24.4. The highest BCUT2D eigenvalue weighted by Crippen LogP contribution is 2.44. The van der Waals surface area contributed by atoms with Crippen molar-refractivity contribution in [2.24, 2.45) is 0 Å². The van der Waals surface area contributed by atoms with Crippen molar-refractivity contribution >= 4 is 17.5 Å². The molecule has 232 valence electrons. The molecule has 43 heavy (non-hydrogen) atoms. The van der Waals surface area contributed by atoms with Gasteiger partial charge >= 0.3 is 0 Å². The van der Waals surface area contributed by atoms with Crippen molar-refractivity contribution in [3.05, 3.63) is 58.9 Å². The highest BCUT2D eigenvalue weighted by Gasteiger charge is 2.37. The van der Waals surface area contributed by atoms with E-state index in [0.29, 0.717) is 61.6 Å². The molecule has 1 saturated carbocycles. The molecule has 8 nitrogen and oxygen atoms in total. The van der Waals surface area contributed by atoms with Crippen LogP contribution in [0.25, 0.3) is 0 Å². The molecule has 1 atom stereocenters. The largest absolute Gasteiger partial charge is 0.489 e. The van der Waals surface area contributed by atoms with E-state index in [4.69, 9.17) is 4.74 Å². The van der Waals surface area contributed by atoms with E-state index in [-0.39, 0.29) is 36.7 Å². The number of rotatable bonds is 6. The summed E-state index contributed by atoms with van der Waals surface area (Å²) in [6, 6.07) is 9.89. The smallest absolute Gasteiger partial charge is 0.254 e. The third kappa shape index (κ3) is 6.93. The van der Waals surface area contributed by atoms with E-state index in [2.05, 4.69) is 15.5 Å². The monoisotopic (exact) mass is 599 g/mol. The van der Waals surface area contributed by atoms with Crippen molar-refractivity contribution in [2.45, 2.75) is 50.0 Å². The SMILES string of the molecule is O=C(c1cc(F)cc(N2CCNCC2)c1)N1CCN(C(=O)c2ccc(O[C@H]3CCNC3)c(C3CCC(F)(F)CC3)c2)CC1. The molecule has 2 amide bonds. The fourth-order valence-electron chi connectivity index (χ4n) is 6.65. The number of benzene rings is 2. The minimum atomic E-state index is -2.64. The molecule has 0 spiro atoms. The quantitative estimate of drug-likeness (QED) is 0.526. The molecule has 3 aliphatic heterocycles. The molecular formula is C32H40F3N5O3. The molecule has 2 N–H and O–H groups in total.